The Morgan fingerprint density at radius 2 is 1.60 bits per heavy atom. The maximum Gasteiger partial charge on any atom is 0.0669 e. The van der Waals surface area contributed by atoms with Crippen LogP contribution in [0.4, 0.5) is 0 Å². The van der Waals surface area contributed by atoms with Crippen molar-refractivity contribution < 1.29 is 0 Å². The van der Waals surface area contributed by atoms with Crippen LogP contribution in [0.1, 0.15) is 48.8 Å². The van der Waals surface area contributed by atoms with Gasteiger partial charge in [0.05, 0.1) is 18.1 Å². The normalized spacial score (nSPS) is 11.0. The summed E-state index contributed by atoms with van der Waals surface area (Å²) in [5, 5.41) is 4.74. The second kappa shape index (κ2) is 6.94. The van der Waals surface area contributed by atoms with Gasteiger partial charge in [0.1, 0.15) is 0 Å². The first-order valence-corrected chi connectivity index (χ1v) is 7.98. The van der Waals surface area contributed by atoms with E-state index in [1.165, 1.54) is 22.4 Å². The highest BCUT2D eigenvalue weighted by atomic mass is 35.5. The topological polar surface area (TPSA) is 17.8 Å². The van der Waals surface area contributed by atoms with Crippen molar-refractivity contribution in [2.45, 2.75) is 52.5 Å². The van der Waals surface area contributed by atoms with Crippen LogP contribution in [0.15, 0.2) is 24.3 Å². The van der Waals surface area contributed by atoms with Gasteiger partial charge in [-0.15, -0.1) is 11.6 Å². The second-order valence-electron chi connectivity index (χ2n) is 5.04. The minimum Gasteiger partial charge on any atom is -0.265 e. The van der Waals surface area contributed by atoms with Gasteiger partial charge in [0.2, 0.25) is 0 Å². The fourth-order valence-corrected chi connectivity index (χ4v) is 2.92. The molecule has 1 aromatic carbocycles. The molecule has 0 atom stereocenters. The first-order valence-electron chi connectivity index (χ1n) is 7.44. The number of halogens is 1. The molecule has 0 bridgehead atoms. The summed E-state index contributed by atoms with van der Waals surface area (Å²) in [5.74, 6) is 0.557. The van der Waals surface area contributed by atoms with Crippen LogP contribution >= 0.6 is 11.6 Å². The zero-order chi connectivity index (χ0) is 14.5. The predicted molar refractivity (Wildman–Crippen MR) is 85.5 cm³/mol. The van der Waals surface area contributed by atoms with E-state index in [0.717, 1.165) is 31.5 Å². The van der Waals surface area contributed by atoms with Gasteiger partial charge in [-0.3, -0.25) is 4.68 Å². The van der Waals surface area contributed by atoms with E-state index in [-0.39, 0.29) is 0 Å². The number of aromatic nitrogens is 2. The summed E-state index contributed by atoms with van der Waals surface area (Å²) in [7, 11) is 0. The molecule has 1 aromatic heterocycles. The highest BCUT2D eigenvalue weighted by Gasteiger charge is 2.14. The molecule has 0 fully saturated rings. The van der Waals surface area contributed by atoms with Gasteiger partial charge in [-0.1, -0.05) is 45.0 Å². The maximum absolute atomic E-state index is 6.10. The zero-order valence-corrected chi connectivity index (χ0v) is 13.4. The Balaban J connectivity index is 2.29. The Bertz CT molecular complexity index is 555. The van der Waals surface area contributed by atoms with Crippen LogP contribution in [-0.2, 0) is 31.7 Å². The highest BCUT2D eigenvalue weighted by Crippen LogP contribution is 2.20. The van der Waals surface area contributed by atoms with Gasteiger partial charge in [0, 0.05) is 11.3 Å². The van der Waals surface area contributed by atoms with Crippen LogP contribution in [-0.4, -0.2) is 9.78 Å². The molecule has 0 spiro atoms. The minimum atomic E-state index is 0.557. The van der Waals surface area contributed by atoms with E-state index in [4.69, 9.17) is 16.7 Å². The van der Waals surface area contributed by atoms with Crippen molar-refractivity contribution in [3.05, 3.63) is 52.3 Å². The predicted octanol–water partition coefficient (Wildman–Crippen LogP) is 4.36. The van der Waals surface area contributed by atoms with Gasteiger partial charge in [-0.05, 0) is 30.4 Å². The van der Waals surface area contributed by atoms with Gasteiger partial charge < -0.3 is 0 Å². The van der Waals surface area contributed by atoms with Crippen molar-refractivity contribution in [2.75, 3.05) is 0 Å². The van der Waals surface area contributed by atoms with Crippen LogP contribution < -0.4 is 0 Å². The lowest BCUT2D eigenvalue weighted by molar-refractivity contribution is 0.639. The number of hydrogen-bond acceptors (Lipinski definition) is 1. The molecule has 0 unspecified atom stereocenters. The van der Waals surface area contributed by atoms with Crippen LogP contribution in [0, 0.1) is 0 Å². The van der Waals surface area contributed by atoms with E-state index < -0.39 is 0 Å². The Morgan fingerprint density at radius 1 is 0.950 bits per heavy atom. The average Bonchev–Trinajstić information content (AvgIpc) is 2.84. The zero-order valence-electron chi connectivity index (χ0n) is 12.6. The molecule has 0 saturated heterocycles. The first-order chi connectivity index (χ1) is 9.73. The van der Waals surface area contributed by atoms with E-state index in [2.05, 4.69) is 49.7 Å². The molecule has 0 N–H and O–H groups in total. The summed E-state index contributed by atoms with van der Waals surface area (Å²) >= 11 is 6.10. The van der Waals surface area contributed by atoms with Gasteiger partial charge in [-0.2, -0.15) is 5.10 Å². The molecule has 0 saturated carbocycles. The molecule has 2 nitrogen and oxygen atoms in total. The maximum atomic E-state index is 6.10. The van der Waals surface area contributed by atoms with E-state index in [1.807, 2.05) is 0 Å². The fourth-order valence-electron chi connectivity index (χ4n) is 2.61. The molecule has 2 rings (SSSR count). The lowest BCUT2D eigenvalue weighted by Crippen LogP contribution is -2.06. The molecule has 0 amide bonds. The van der Waals surface area contributed by atoms with Crippen molar-refractivity contribution in [3.63, 3.8) is 0 Å². The van der Waals surface area contributed by atoms with Gasteiger partial charge in [-0.25, -0.2) is 0 Å². The molecule has 0 radical (unpaired) electrons. The van der Waals surface area contributed by atoms with Crippen LogP contribution in [0.5, 0.6) is 0 Å². The number of benzene rings is 1. The van der Waals surface area contributed by atoms with Gasteiger partial charge >= 0.3 is 0 Å². The highest BCUT2D eigenvalue weighted by molar-refractivity contribution is 6.17. The third-order valence-electron chi connectivity index (χ3n) is 3.82. The van der Waals surface area contributed by atoms with E-state index in [1.54, 1.807) is 0 Å². The lowest BCUT2D eigenvalue weighted by Gasteiger charge is -2.08. The molecule has 1 heterocycles. The number of alkyl halides is 1. The molecule has 0 aliphatic carbocycles. The van der Waals surface area contributed by atoms with Crippen molar-refractivity contribution in [1.29, 1.82) is 0 Å². The van der Waals surface area contributed by atoms with E-state index in [0.29, 0.717) is 5.88 Å². The third-order valence-corrected chi connectivity index (χ3v) is 4.08. The first kappa shape index (κ1) is 15.1. The SMILES string of the molecule is CCc1ccc(Cn2nc(CC)c(CCl)c2CC)cc1. The Morgan fingerprint density at radius 3 is 2.10 bits per heavy atom. The molecule has 108 valence electrons. The average molecular weight is 291 g/mol. The summed E-state index contributed by atoms with van der Waals surface area (Å²) in [6.45, 7) is 7.32. The summed E-state index contributed by atoms with van der Waals surface area (Å²) in [6, 6.07) is 8.80. The number of aryl methyl sites for hydroxylation is 2. The van der Waals surface area contributed by atoms with Crippen LogP contribution in [0.2, 0.25) is 0 Å². The monoisotopic (exact) mass is 290 g/mol. The van der Waals surface area contributed by atoms with Gasteiger partial charge in [0.15, 0.2) is 0 Å². The molecular formula is C17H23ClN2. The Hall–Kier alpha value is -1.28. The fraction of sp³-hybridized carbons (Fsp3) is 0.471. The Kier molecular flexibility index (Phi) is 5.24. The van der Waals surface area contributed by atoms with E-state index in [9.17, 15) is 0 Å². The summed E-state index contributed by atoms with van der Waals surface area (Å²) in [5.41, 5.74) is 6.31. The Labute approximate surface area is 126 Å². The standard InChI is InChI=1S/C17H23ClN2/c1-4-13-7-9-14(10-8-13)12-20-17(6-3)15(11-18)16(5-2)19-20/h7-10H,4-6,11-12H2,1-3H3. The molecule has 2 aromatic rings. The van der Waals surface area contributed by atoms with Crippen LogP contribution in [0.3, 0.4) is 0 Å². The molecule has 0 aliphatic rings. The smallest absolute Gasteiger partial charge is 0.0669 e. The van der Waals surface area contributed by atoms with Crippen molar-refractivity contribution in [1.82, 2.24) is 9.78 Å². The quantitative estimate of drug-likeness (QED) is 0.723. The second-order valence-corrected chi connectivity index (χ2v) is 5.31. The van der Waals surface area contributed by atoms with Crippen molar-refractivity contribution in [3.8, 4) is 0 Å². The summed E-state index contributed by atoms with van der Waals surface area (Å²) in [6.07, 6.45) is 3.00. The number of hydrogen-bond donors (Lipinski definition) is 0. The molecule has 3 heteroatoms. The largest absolute Gasteiger partial charge is 0.265 e. The number of rotatable bonds is 6. The third kappa shape index (κ3) is 3.06. The van der Waals surface area contributed by atoms with Gasteiger partial charge in [0.25, 0.3) is 0 Å². The minimum absolute atomic E-state index is 0.557. The molecule has 0 aliphatic heterocycles. The lowest BCUT2D eigenvalue weighted by atomic mass is 10.1. The molecule has 20 heavy (non-hydrogen) atoms. The van der Waals surface area contributed by atoms with Crippen molar-refractivity contribution in [2.24, 2.45) is 0 Å². The summed E-state index contributed by atoms with van der Waals surface area (Å²) in [4.78, 5) is 0. The summed E-state index contributed by atoms with van der Waals surface area (Å²) < 4.78 is 2.12. The van der Waals surface area contributed by atoms with Crippen LogP contribution in [0.25, 0.3) is 0 Å². The number of nitrogens with zero attached hydrogens (tertiary/aromatic N) is 2. The van der Waals surface area contributed by atoms with Crippen molar-refractivity contribution >= 4 is 11.6 Å². The van der Waals surface area contributed by atoms with E-state index >= 15 is 0 Å². The molecular weight excluding hydrogens is 268 g/mol.